The Morgan fingerprint density at radius 2 is 2.11 bits per heavy atom. The minimum Gasteiger partial charge on any atom is -0.384 e. The van der Waals surface area contributed by atoms with Gasteiger partial charge >= 0.3 is 6.18 Å². The van der Waals surface area contributed by atoms with Crippen molar-refractivity contribution in [1.82, 2.24) is 4.98 Å². The number of thiophene rings is 1. The van der Waals surface area contributed by atoms with Gasteiger partial charge < -0.3 is 11.1 Å². The van der Waals surface area contributed by atoms with Gasteiger partial charge in [-0.3, -0.25) is 0 Å². The minimum atomic E-state index is -4.43. The van der Waals surface area contributed by atoms with Crippen LogP contribution >= 0.6 is 27.3 Å². The highest BCUT2D eigenvalue weighted by atomic mass is 79.9. The van der Waals surface area contributed by atoms with Gasteiger partial charge in [-0.05, 0) is 39.5 Å². The van der Waals surface area contributed by atoms with Crippen molar-refractivity contribution in [2.75, 3.05) is 11.1 Å². The van der Waals surface area contributed by atoms with Gasteiger partial charge in [-0.2, -0.15) is 13.2 Å². The molecule has 0 aliphatic rings. The molecule has 0 unspecified atom stereocenters. The molecule has 0 radical (unpaired) electrons. The zero-order chi connectivity index (χ0) is 14.0. The summed E-state index contributed by atoms with van der Waals surface area (Å²) >= 11 is 4.84. The fraction of sp³-hybridized carbons (Fsp3) is 0.182. The number of nitrogens with two attached hydrogens (primary N) is 1. The molecule has 0 aliphatic carbocycles. The predicted octanol–water partition coefficient (Wildman–Crippen LogP) is 4.12. The quantitative estimate of drug-likeness (QED) is 0.874. The highest BCUT2D eigenvalue weighted by Crippen LogP contribution is 2.31. The van der Waals surface area contributed by atoms with Gasteiger partial charge in [-0.1, -0.05) is 0 Å². The first-order chi connectivity index (χ1) is 8.86. The van der Waals surface area contributed by atoms with Crippen molar-refractivity contribution in [2.45, 2.75) is 12.7 Å². The topological polar surface area (TPSA) is 50.9 Å². The fourth-order valence-electron chi connectivity index (χ4n) is 1.43. The summed E-state index contributed by atoms with van der Waals surface area (Å²) in [6, 6.07) is 3.62. The zero-order valence-corrected chi connectivity index (χ0v) is 11.9. The number of alkyl halides is 3. The Labute approximate surface area is 119 Å². The average molecular weight is 352 g/mol. The van der Waals surface area contributed by atoms with Crippen LogP contribution < -0.4 is 11.1 Å². The van der Waals surface area contributed by atoms with Crippen LogP contribution in [0.15, 0.2) is 28.1 Å². The molecule has 0 spiro atoms. The lowest BCUT2D eigenvalue weighted by atomic mass is 10.2. The first kappa shape index (κ1) is 14.1. The number of aromatic nitrogens is 1. The molecule has 3 N–H and O–H groups in total. The summed E-state index contributed by atoms with van der Waals surface area (Å²) in [5.74, 6) is -0.0600. The lowest BCUT2D eigenvalue weighted by molar-refractivity contribution is -0.137. The van der Waals surface area contributed by atoms with E-state index in [1.807, 2.05) is 11.4 Å². The molecule has 102 valence electrons. The number of hydrogen-bond donors (Lipinski definition) is 2. The number of halogens is 4. The van der Waals surface area contributed by atoms with Crippen molar-refractivity contribution >= 4 is 38.9 Å². The highest BCUT2D eigenvalue weighted by molar-refractivity contribution is 9.10. The van der Waals surface area contributed by atoms with Crippen LogP contribution in [0, 0.1) is 0 Å². The van der Waals surface area contributed by atoms with Gasteiger partial charge in [0.15, 0.2) is 0 Å². The number of nitrogens with zero attached hydrogens (tertiary/aromatic N) is 1. The maximum absolute atomic E-state index is 12.6. The summed E-state index contributed by atoms with van der Waals surface area (Å²) in [6.45, 7) is 0.381. The van der Waals surface area contributed by atoms with E-state index in [9.17, 15) is 13.2 Å². The molecule has 2 aromatic heterocycles. The lowest BCUT2D eigenvalue weighted by Gasteiger charge is -2.11. The molecule has 3 nitrogen and oxygen atoms in total. The van der Waals surface area contributed by atoms with Crippen LogP contribution in [0.3, 0.4) is 0 Å². The van der Waals surface area contributed by atoms with Gasteiger partial charge in [0.1, 0.15) is 11.6 Å². The van der Waals surface area contributed by atoms with Crippen LogP contribution in [-0.2, 0) is 12.7 Å². The van der Waals surface area contributed by atoms with E-state index in [1.54, 1.807) is 0 Å². The molecule has 0 aliphatic heterocycles. The third-order valence-electron chi connectivity index (χ3n) is 2.29. The molecule has 2 heterocycles. The summed E-state index contributed by atoms with van der Waals surface area (Å²) in [4.78, 5) is 4.80. The molecular weight excluding hydrogens is 343 g/mol. The van der Waals surface area contributed by atoms with Gasteiger partial charge in [0.05, 0.1) is 12.1 Å². The number of anilines is 2. The fourth-order valence-corrected chi connectivity index (χ4v) is 2.86. The molecule has 8 heteroatoms. The number of hydrogen-bond acceptors (Lipinski definition) is 4. The number of nitrogens with one attached hydrogen (secondary N) is 1. The molecular formula is C11H9BrF3N3S. The third kappa shape index (κ3) is 3.60. The van der Waals surface area contributed by atoms with E-state index in [4.69, 9.17) is 5.73 Å². The molecule has 0 saturated carbocycles. The van der Waals surface area contributed by atoms with Gasteiger partial charge in [0.2, 0.25) is 0 Å². The second-order valence-electron chi connectivity index (χ2n) is 3.71. The van der Waals surface area contributed by atoms with E-state index >= 15 is 0 Å². The van der Waals surface area contributed by atoms with Crippen LogP contribution in [0.4, 0.5) is 24.8 Å². The maximum atomic E-state index is 12.6. The van der Waals surface area contributed by atoms with Crippen LogP contribution in [0.1, 0.15) is 10.4 Å². The second-order valence-corrected chi connectivity index (χ2v) is 5.56. The van der Waals surface area contributed by atoms with Crippen LogP contribution in [0.5, 0.6) is 0 Å². The smallest absolute Gasteiger partial charge is 0.384 e. The van der Waals surface area contributed by atoms with Crippen LogP contribution in [-0.4, -0.2) is 4.98 Å². The van der Waals surface area contributed by atoms with Crippen molar-refractivity contribution in [3.63, 3.8) is 0 Å². The first-order valence-corrected chi connectivity index (χ1v) is 6.84. The second kappa shape index (κ2) is 5.38. The van der Waals surface area contributed by atoms with Crippen LogP contribution in [0.2, 0.25) is 0 Å². The van der Waals surface area contributed by atoms with E-state index in [1.165, 1.54) is 11.3 Å². The molecule has 2 rings (SSSR count). The van der Waals surface area contributed by atoms with Crippen LogP contribution in [0.25, 0.3) is 0 Å². The number of nitrogen functional groups attached to an aromatic ring is 1. The molecule has 0 bridgehead atoms. The summed E-state index contributed by atoms with van der Waals surface area (Å²) in [6.07, 6.45) is -4.43. The molecule has 0 aromatic carbocycles. The number of rotatable bonds is 3. The molecule has 19 heavy (non-hydrogen) atoms. The van der Waals surface area contributed by atoms with E-state index in [0.717, 1.165) is 21.5 Å². The van der Waals surface area contributed by atoms with E-state index in [2.05, 4.69) is 26.2 Å². The molecule has 0 amide bonds. The summed E-state index contributed by atoms with van der Waals surface area (Å²) < 4.78 is 38.7. The highest BCUT2D eigenvalue weighted by Gasteiger charge is 2.31. The maximum Gasteiger partial charge on any atom is 0.416 e. The monoisotopic (exact) mass is 351 g/mol. The minimum absolute atomic E-state index is 0.104. The predicted molar refractivity (Wildman–Crippen MR) is 73.0 cm³/mol. The summed E-state index contributed by atoms with van der Waals surface area (Å²) in [7, 11) is 0. The molecule has 0 saturated heterocycles. The molecule has 0 fully saturated rings. The van der Waals surface area contributed by atoms with E-state index in [-0.39, 0.29) is 11.6 Å². The lowest BCUT2D eigenvalue weighted by Crippen LogP contribution is -2.09. The van der Waals surface area contributed by atoms with E-state index in [0.29, 0.717) is 6.54 Å². The number of pyridine rings is 1. The standard InChI is InChI=1S/C11H9BrF3N3S/c12-7-1-2-19-8(7)5-17-10-4-6(11(13,14)15)3-9(16)18-10/h1-4H,5H2,(H3,16,17,18). The Balaban J connectivity index is 2.17. The van der Waals surface area contributed by atoms with Crippen molar-refractivity contribution < 1.29 is 13.2 Å². The largest absolute Gasteiger partial charge is 0.416 e. The van der Waals surface area contributed by atoms with Gasteiger partial charge in [0, 0.05) is 9.35 Å². The van der Waals surface area contributed by atoms with Crippen molar-refractivity contribution in [2.24, 2.45) is 0 Å². The normalized spacial score (nSPS) is 11.6. The van der Waals surface area contributed by atoms with Crippen molar-refractivity contribution in [1.29, 1.82) is 0 Å². The van der Waals surface area contributed by atoms with Crippen molar-refractivity contribution in [3.8, 4) is 0 Å². The summed E-state index contributed by atoms with van der Waals surface area (Å²) in [5.41, 5.74) is 4.56. The molecule has 0 atom stereocenters. The SMILES string of the molecule is Nc1cc(C(F)(F)F)cc(NCc2sccc2Br)n1. The average Bonchev–Trinajstić information content (AvgIpc) is 2.70. The Kier molecular flexibility index (Phi) is 4.00. The Bertz CT molecular complexity index is 583. The molecule has 2 aromatic rings. The summed E-state index contributed by atoms with van der Waals surface area (Å²) in [5, 5.41) is 4.71. The Hall–Kier alpha value is -1.28. The van der Waals surface area contributed by atoms with Gasteiger partial charge in [-0.15, -0.1) is 11.3 Å². The Morgan fingerprint density at radius 1 is 1.37 bits per heavy atom. The Morgan fingerprint density at radius 3 is 2.68 bits per heavy atom. The third-order valence-corrected chi connectivity index (χ3v) is 4.22. The van der Waals surface area contributed by atoms with Gasteiger partial charge in [-0.25, -0.2) is 4.98 Å². The van der Waals surface area contributed by atoms with E-state index < -0.39 is 11.7 Å². The zero-order valence-electron chi connectivity index (χ0n) is 9.46. The first-order valence-electron chi connectivity index (χ1n) is 5.17. The van der Waals surface area contributed by atoms with Gasteiger partial charge in [0.25, 0.3) is 0 Å². The van der Waals surface area contributed by atoms with Crippen molar-refractivity contribution in [3.05, 3.63) is 38.5 Å².